The van der Waals surface area contributed by atoms with Gasteiger partial charge in [0.2, 0.25) is 0 Å². The van der Waals surface area contributed by atoms with Gasteiger partial charge in [-0.1, -0.05) is 12.1 Å². The second-order valence-electron chi connectivity index (χ2n) is 6.27. The summed E-state index contributed by atoms with van der Waals surface area (Å²) in [7, 11) is 0. The van der Waals surface area contributed by atoms with Crippen LogP contribution in [0.25, 0.3) is 0 Å². The van der Waals surface area contributed by atoms with Crippen molar-refractivity contribution in [1.29, 1.82) is 0 Å². The SMILES string of the molecule is CCNC(=NCc1cccc(OCC)c1)NCCCOCC1CCCO1. The average molecular weight is 364 g/mol. The minimum Gasteiger partial charge on any atom is -0.494 e. The fourth-order valence-corrected chi connectivity index (χ4v) is 2.78. The second kappa shape index (κ2) is 12.5. The van der Waals surface area contributed by atoms with Gasteiger partial charge in [-0.2, -0.15) is 0 Å². The van der Waals surface area contributed by atoms with Crippen molar-refractivity contribution in [3.63, 3.8) is 0 Å². The van der Waals surface area contributed by atoms with Crippen molar-refractivity contribution in [2.24, 2.45) is 4.99 Å². The standard InChI is InChI=1S/C20H33N3O3/c1-3-21-20(22-11-7-12-24-16-19-10-6-13-26-19)23-15-17-8-5-9-18(14-17)25-4-2/h5,8-9,14,19H,3-4,6-7,10-13,15-16H2,1-2H3,(H2,21,22,23). The molecule has 1 aliphatic rings. The minimum absolute atomic E-state index is 0.300. The van der Waals surface area contributed by atoms with Crippen LogP contribution in [-0.4, -0.2) is 51.6 Å². The molecule has 2 N–H and O–H groups in total. The summed E-state index contributed by atoms with van der Waals surface area (Å²) in [5.41, 5.74) is 1.13. The molecule has 6 nitrogen and oxygen atoms in total. The van der Waals surface area contributed by atoms with Gasteiger partial charge in [0, 0.05) is 26.3 Å². The highest BCUT2D eigenvalue weighted by Crippen LogP contribution is 2.14. The van der Waals surface area contributed by atoms with Crippen molar-refractivity contribution in [2.45, 2.75) is 45.8 Å². The summed E-state index contributed by atoms with van der Waals surface area (Å²) in [6, 6.07) is 8.07. The highest BCUT2D eigenvalue weighted by Gasteiger charge is 2.14. The summed E-state index contributed by atoms with van der Waals surface area (Å²) in [6.07, 6.45) is 3.52. The number of guanidine groups is 1. The lowest BCUT2D eigenvalue weighted by molar-refractivity contribution is 0.0168. The number of hydrogen-bond donors (Lipinski definition) is 2. The summed E-state index contributed by atoms with van der Waals surface area (Å²) in [5, 5.41) is 6.63. The van der Waals surface area contributed by atoms with E-state index in [4.69, 9.17) is 14.2 Å². The summed E-state index contributed by atoms with van der Waals surface area (Å²) >= 11 is 0. The zero-order valence-corrected chi connectivity index (χ0v) is 16.1. The summed E-state index contributed by atoms with van der Waals surface area (Å²) in [6.45, 7) is 9.34. The second-order valence-corrected chi connectivity index (χ2v) is 6.27. The topological polar surface area (TPSA) is 64.1 Å². The van der Waals surface area contributed by atoms with Gasteiger partial charge in [0.15, 0.2) is 5.96 Å². The molecule has 1 aromatic rings. The molecule has 1 unspecified atom stereocenters. The van der Waals surface area contributed by atoms with Crippen LogP contribution >= 0.6 is 0 Å². The third kappa shape index (κ3) is 8.06. The van der Waals surface area contributed by atoms with Crippen molar-refractivity contribution in [1.82, 2.24) is 10.6 Å². The molecule has 1 fully saturated rings. The summed E-state index contributed by atoms with van der Waals surface area (Å²) in [4.78, 5) is 4.64. The Balaban J connectivity index is 1.67. The van der Waals surface area contributed by atoms with Crippen molar-refractivity contribution < 1.29 is 14.2 Å². The van der Waals surface area contributed by atoms with E-state index in [1.165, 1.54) is 0 Å². The van der Waals surface area contributed by atoms with E-state index < -0.39 is 0 Å². The van der Waals surface area contributed by atoms with Crippen molar-refractivity contribution in [2.75, 3.05) is 39.5 Å². The van der Waals surface area contributed by atoms with Gasteiger partial charge in [-0.25, -0.2) is 4.99 Å². The molecule has 1 aromatic carbocycles. The first-order chi connectivity index (χ1) is 12.8. The Morgan fingerprint density at radius 3 is 3.00 bits per heavy atom. The molecule has 0 spiro atoms. The van der Waals surface area contributed by atoms with Crippen LogP contribution in [0.5, 0.6) is 5.75 Å². The lowest BCUT2D eigenvalue weighted by Gasteiger charge is -2.13. The van der Waals surface area contributed by atoms with Crippen LogP contribution in [0.15, 0.2) is 29.3 Å². The smallest absolute Gasteiger partial charge is 0.191 e. The molecule has 1 saturated heterocycles. The largest absolute Gasteiger partial charge is 0.494 e. The Kier molecular flexibility index (Phi) is 9.90. The number of nitrogens with one attached hydrogen (secondary N) is 2. The molecule has 1 heterocycles. The highest BCUT2D eigenvalue weighted by molar-refractivity contribution is 5.79. The van der Waals surface area contributed by atoms with Crippen molar-refractivity contribution in [3.8, 4) is 5.75 Å². The number of hydrogen-bond acceptors (Lipinski definition) is 4. The number of rotatable bonds is 11. The number of aliphatic imine (C=N–C) groups is 1. The Morgan fingerprint density at radius 2 is 2.23 bits per heavy atom. The lowest BCUT2D eigenvalue weighted by Crippen LogP contribution is -2.38. The minimum atomic E-state index is 0.300. The van der Waals surface area contributed by atoms with E-state index in [9.17, 15) is 0 Å². The van der Waals surface area contributed by atoms with Gasteiger partial charge in [-0.05, 0) is 50.8 Å². The first kappa shape index (κ1) is 20.5. The van der Waals surface area contributed by atoms with Gasteiger partial charge in [0.05, 0.1) is 25.9 Å². The molecule has 0 saturated carbocycles. The summed E-state index contributed by atoms with van der Waals surface area (Å²) in [5.74, 6) is 1.72. The van der Waals surface area contributed by atoms with E-state index in [2.05, 4.69) is 28.6 Å². The Bertz CT molecular complexity index is 531. The zero-order valence-electron chi connectivity index (χ0n) is 16.1. The number of benzene rings is 1. The normalized spacial score (nSPS) is 17.3. The van der Waals surface area contributed by atoms with Crippen LogP contribution in [0.3, 0.4) is 0 Å². The predicted molar refractivity (Wildman–Crippen MR) is 105 cm³/mol. The van der Waals surface area contributed by atoms with E-state index in [0.717, 1.165) is 62.8 Å². The maximum Gasteiger partial charge on any atom is 0.191 e. The molecule has 2 rings (SSSR count). The monoisotopic (exact) mass is 363 g/mol. The molecular weight excluding hydrogens is 330 g/mol. The zero-order chi connectivity index (χ0) is 18.5. The molecular formula is C20H33N3O3. The molecule has 0 amide bonds. The number of ether oxygens (including phenoxy) is 3. The maximum atomic E-state index is 5.69. The average Bonchev–Trinajstić information content (AvgIpc) is 3.16. The quantitative estimate of drug-likeness (QED) is 0.360. The van der Waals surface area contributed by atoms with Gasteiger partial charge in [-0.15, -0.1) is 0 Å². The van der Waals surface area contributed by atoms with Gasteiger partial charge in [0.25, 0.3) is 0 Å². The predicted octanol–water partition coefficient (Wildman–Crippen LogP) is 2.73. The van der Waals surface area contributed by atoms with E-state index in [0.29, 0.717) is 25.9 Å². The van der Waals surface area contributed by atoms with E-state index in [-0.39, 0.29) is 0 Å². The summed E-state index contributed by atoms with van der Waals surface area (Å²) < 4.78 is 16.8. The molecule has 0 bridgehead atoms. The first-order valence-electron chi connectivity index (χ1n) is 9.75. The van der Waals surface area contributed by atoms with Gasteiger partial charge in [-0.3, -0.25) is 0 Å². The molecule has 0 aliphatic carbocycles. The fraction of sp³-hybridized carbons (Fsp3) is 0.650. The van der Waals surface area contributed by atoms with Crippen LogP contribution in [-0.2, 0) is 16.0 Å². The van der Waals surface area contributed by atoms with Crippen LogP contribution in [0.1, 0.15) is 38.7 Å². The van der Waals surface area contributed by atoms with E-state index >= 15 is 0 Å². The molecule has 0 radical (unpaired) electrons. The number of nitrogens with zero attached hydrogens (tertiary/aromatic N) is 1. The van der Waals surface area contributed by atoms with Gasteiger partial charge >= 0.3 is 0 Å². The Morgan fingerprint density at radius 1 is 1.31 bits per heavy atom. The molecule has 6 heteroatoms. The molecule has 0 aromatic heterocycles. The molecule has 1 aliphatic heterocycles. The van der Waals surface area contributed by atoms with E-state index in [1.807, 2.05) is 25.1 Å². The Hall–Kier alpha value is -1.79. The van der Waals surface area contributed by atoms with Gasteiger partial charge in [0.1, 0.15) is 5.75 Å². The van der Waals surface area contributed by atoms with Crippen molar-refractivity contribution in [3.05, 3.63) is 29.8 Å². The van der Waals surface area contributed by atoms with Gasteiger partial charge < -0.3 is 24.8 Å². The maximum absolute atomic E-state index is 5.69. The third-order valence-electron chi connectivity index (χ3n) is 4.06. The fourth-order valence-electron chi connectivity index (χ4n) is 2.78. The third-order valence-corrected chi connectivity index (χ3v) is 4.06. The lowest BCUT2D eigenvalue weighted by atomic mass is 10.2. The van der Waals surface area contributed by atoms with E-state index in [1.54, 1.807) is 0 Å². The Labute approximate surface area is 157 Å². The van der Waals surface area contributed by atoms with Crippen molar-refractivity contribution >= 4 is 5.96 Å². The molecule has 146 valence electrons. The molecule has 1 atom stereocenters. The van der Waals surface area contributed by atoms with Crippen LogP contribution in [0, 0.1) is 0 Å². The van der Waals surface area contributed by atoms with Crippen LogP contribution < -0.4 is 15.4 Å². The van der Waals surface area contributed by atoms with Crippen LogP contribution in [0.2, 0.25) is 0 Å². The molecule has 26 heavy (non-hydrogen) atoms. The first-order valence-corrected chi connectivity index (χ1v) is 9.75. The highest BCUT2D eigenvalue weighted by atomic mass is 16.5. The van der Waals surface area contributed by atoms with Crippen LogP contribution in [0.4, 0.5) is 0 Å².